The van der Waals surface area contributed by atoms with Crippen molar-refractivity contribution in [3.63, 3.8) is 0 Å². The van der Waals surface area contributed by atoms with Gasteiger partial charge >= 0.3 is 6.61 Å². The molecule has 2 N–H and O–H groups in total. The van der Waals surface area contributed by atoms with Crippen LogP contribution in [0.25, 0.3) is 11.5 Å². The van der Waals surface area contributed by atoms with Crippen LogP contribution >= 0.6 is 23.6 Å². The number of benzene rings is 1. The van der Waals surface area contributed by atoms with Crippen LogP contribution in [0, 0.1) is 0 Å². The molecule has 5 nitrogen and oxygen atoms in total. The van der Waals surface area contributed by atoms with E-state index >= 15 is 0 Å². The summed E-state index contributed by atoms with van der Waals surface area (Å²) in [4.78, 5) is 0.651. The molecule has 0 fully saturated rings. The van der Waals surface area contributed by atoms with Crippen LogP contribution in [0.2, 0.25) is 0 Å². The molecule has 2 aromatic heterocycles. The van der Waals surface area contributed by atoms with Gasteiger partial charge in [-0.2, -0.15) is 13.3 Å². The average Bonchev–Trinajstić information content (AvgIpc) is 3.24. The number of halogens is 2. The van der Waals surface area contributed by atoms with Crippen molar-refractivity contribution in [1.82, 2.24) is 0 Å². The summed E-state index contributed by atoms with van der Waals surface area (Å²) in [6.07, 6.45) is 3.28. The number of aliphatic hydroxyl groups excluding tert-OH is 1. The zero-order valence-corrected chi connectivity index (χ0v) is 16.6. The number of hydrogen-bond donors (Lipinski definition) is 2. The van der Waals surface area contributed by atoms with Crippen LogP contribution in [0.3, 0.4) is 0 Å². The Kier molecular flexibility index (Phi) is 6.86. The van der Waals surface area contributed by atoms with E-state index in [4.69, 9.17) is 12.2 Å². The van der Waals surface area contributed by atoms with E-state index in [-0.39, 0.29) is 28.8 Å². The van der Waals surface area contributed by atoms with Crippen LogP contribution in [0.4, 0.5) is 14.5 Å². The fraction of sp³-hybridized carbons (Fsp3) is 0.100. The van der Waals surface area contributed by atoms with Crippen molar-refractivity contribution in [2.75, 3.05) is 5.32 Å². The van der Waals surface area contributed by atoms with E-state index in [9.17, 15) is 19.0 Å². The van der Waals surface area contributed by atoms with Crippen LogP contribution in [-0.2, 0) is 6.61 Å². The molecule has 1 aromatic carbocycles. The summed E-state index contributed by atoms with van der Waals surface area (Å²) < 4.78 is 30.5. The quantitative estimate of drug-likeness (QED) is 0.259. The Hall–Kier alpha value is -2.88. The van der Waals surface area contributed by atoms with Gasteiger partial charge in [0, 0.05) is 22.2 Å². The van der Waals surface area contributed by atoms with Gasteiger partial charge in [0.1, 0.15) is 5.75 Å². The maximum atomic E-state index is 13.1. The molecule has 3 aromatic rings. The van der Waals surface area contributed by atoms with Gasteiger partial charge in [0.05, 0.1) is 6.61 Å². The minimum absolute atomic E-state index is 0.0142. The summed E-state index contributed by atoms with van der Waals surface area (Å²) >= 11 is 6.76. The van der Waals surface area contributed by atoms with Gasteiger partial charge in [-0.25, -0.2) is 0 Å². The standard InChI is InChI=1S/C20H16F2N2O3S2/c21-20(22)27-15-7-5-14(6-8-15)23-19(28)17(18(26)16-4-2-10-29-16)24-9-1-3-13(11-24)12-25/h1-11,20,25H,12H2,(H-,23,26,28). The van der Waals surface area contributed by atoms with Crippen LogP contribution < -0.4 is 19.7 Å². The number of nitrogens with one attached hydrogen (secondary N) is 1. The Labute approximate surface area is 175 Å². The highest BCUT2D eigenvalue weighted by Gasteiger charge is 2.20. The Morgan fingerprint density at radius 2 is 1.97 bits per heavy atom. The first-order chi connectivity index (χ1) is 14.0. The number of rotatable bonds is 7. The fourth-order valence-corrected chi connectivity index (χ4v) is 3.51. The van der Waals surface area contributed by atoms with E-state index in [1.54, 1.807) is 46.6 Å². The predicted octanol–water partition coefficient (Wildman–Crippen LogP) is 3.25. The molecule has 0 radical (unpaired) electrons. The van der Waals surface area contributed by atoms with Gasteiger partial charge in [0.15, 0.2) is 17.4 Å². The van der Waals surface area contributed by atoms with Crippen molar-refractivity contribution in [3.05, 3.63) is 76.7 Å². The highest BCUT2D eigenvalue weighted by Crippen LogP contribution is 2.22. The molecule has 0 aliphatic heterocycles. The normalized spacial score (nSPS) is 11.9. The lowest BCUT2D eigenvalue weighted by atomic mass is 10.2. The van der Waals surface area contributed by atoms with Crippen LogP contribution in [0.5, 0.6) is 5.75 Å². The van der Waals surface area contributed by atoms with Crippen molar-refractivity contribution in [2.45, 2.75) is 13.2 Å². The summed E-state index contributed by atoms with van der Waals surface area (Å²) in [5.74, 6) is -0.268. The summed E-state index contributed by atoms with van der Waals surface area (Å²) in [6, 6.07) is 12.7. The first-order valence-electron chi connectivity index (χ1n) is 8.40. The summed E-state index contributed by atoms with van der Waals surface area (Å²) in [5, 5.41) is 27.2. The topological polar surface area (TPSA) is 68.4 Å². The van der Waals surface area contributed by atoms with E-state index in [1.165, 1.54) is 35.6 Å². The van der Waals surface area contributed by atoms with Crippen molar-refractivity contribution < 1.29 is 28.3 Å². The van der Waals surface area contributed by atoms with Gasteiger partial charge in [-0.15, -0.1) is 11.3 Å². The number of hydrogen-bond acceptors (Lipinski definition) is 5. The van der Waals surface area contributed by atoms with Crippen molar-refractivity contribution in [1.29, 1.82) is 0 Å². The van der Waals surface area contributed by atoms with Crippen LogP contribution in [0.1, 0.15) is 10.4 Å². The summed E-state index contributed by atoms with van der Waals surface area (Å²) in [5.41, 5.74) is 1.32. The minimum Gasteiger partial charge on any atom is -0.867 e. The number of thiophene rings is 1. The molecule has 29 heavy (non-hydrogen) atoms. The van der Waals surface area contributed by atoms with Crippen molar-refractivity contribution in [2.24, 2.45) is 0 Å². The van der Waals surface area contributed by atoms with E-state index in [1.807, 2.05) is 0 Å². The molecule has 0 aliphatic carbocycles. The van der Waals surface area contributed by atoms with Gasteiger partial charge in [0.25, 0.3) is 0 Å². The van der Waals surface area contributed by atoms with Gasteiger partial charge in [-0.05, 0) is 47.5 Å². The molecule has 0 unspecified atom stereocenters. The number of pyridine rings is 1. The molecule has 150 valence electrons. The number of ether oxygens (including phenoxy) is 1. The molecular weight excluding hydrogens is 418 g/mol. The number of alkyl halides is 2. The van der Waals surface area contributed by atoms with Gasteiger partial charge < -0.3 is 20.3 Å². The molecule has 2 heterocycles. The van der Waals surface area contributed by atoms with Crippen molar-refractivity contribution in [3.8, 4) is 5.75 Å². The first kappa shape index (κ1) is 20.8. The number of thiocarbonyl (C=S) groups is 1. The van der Waals surface area contributed by atoms with E-state index in [0.29, 0.717) is 16.1 Å². The highest BCUT2D eigenvalue weighted by molar-refractivity contribution is 7.81. The Bertz CT molecular complexity index is 1010. The smallest absolute Gasteiger partial charge is 0.387 e. The highest BCUT2D eigenvalue weighted by atomic mass is 32.1. The van der Waals surface area contributed by atoms with Gasteiger partial charge in [-0.1, -0.05) is 18.3 Å². The molecule has 0 saturated heterocycles. The predicted molar refractivity (Wildman–Crippen MR) is 109 cm³/mol. The second-order valence-corrected chi connectivity index (χ2v) is 7.15. The average molecular weight is 434 g/mol. The maximum Gasteiger partial charge on any atom is 0.387 e. The third-order valence-corrected chi connectivity index (χ3v) is 4.98. The molecule has 0 atom stereocenters. The second-order valence-electron chi connectivity index (χ2n) is 5.79. The minimum atomic E-state index is -2.91. The van der Waals surface area contributed by atoms with E-state index in [2.05, 4.69) is 10.1 Å². The van der Waals surface area contributed by atoms with Crippen LogP contribution in [-0.4, -0.2) is 16.7 Å². The molecule has 0 saturated carbocycles. The Morgan fingerprint density at radius 1 is 1.21 bits per heavy atom. The molecule has 3 rings (SSSR count). The SMILES string of the molecule is [O-]/C(=C(\C(=S)Nc1ccc(OC(F)F)cc1)[n+]1cccc(CO)c1)c1cccs1. The zero-order chi connectivity index (χ0) is 20.8. The number of anilines is 1. The number of nitrogens with zero attached hydrogens (tertiary/aromatic N) is 1. The third kappa shape index (κ3) is 5.35. The van der Waals surface area contributed by atoms with E-state index < -0.39 is 6.61 Å². The molecular formula is C20H16F2N2O3S2. The van der Waals surface area contributed by atoms with Crippen LogP contribution in [0.15, 0.2) is 66.3 Å². The second kappa shape index (κ2) is 9.55. The number of aromatic nitrogens is 1. The molecule has 0 spiro atoms. The van der Waals surface area contributed by atoms with Gasteiger partial charge in [0.2, 0.25) is 5.70 Å². The summed E-state index contributed by atoms with van der Waals surface area (Å²) in [6.45, 7) is -3.10. The Balaban J connectivity index is 1.94. The first-order valence-corrected chi connectivity index (χ1v) is 9.69. The van der Waals surface area contributed by atoms with Crippen molar-refractivity contribution >= 4 is 45.7 Å². The molecule has 0 amide bonds. The monoisotopic (exact) mass is 434 g/mol. The fourth-order valence-electron chi connectivity index (χ4n) is 2.53. The lowest BCUT2D eigenvalue weighted by Gasteiger charge is -2.16. The summed E-state index contributed by atoms with van der Waals surface area (Å²) in [7, 11) is 0. The molecule has 0 aliphatic rings. The maximum absolute atomic E-state index is 13.1. The lowest BCUT2D eigenvalue weighted by molar-refractivity contribution is -0.578. The number of aliphatic hydroxyl groups is 1. The molecule has 9 heteroatoms. The third-order valence-electron chi connectivity index (χ3n) is 3.82. The van der Waals surface area contributed by atoms with Gasteiger partial charge in [-0.3, -0.25) is 0 Å². The lowest BCUT2D eigenvalue weighted by Crippen LogP contribution is -2.40. The Morgan fingerprint density at radius 3 is 2.59 bits per heavy atom. The zero-order valence-electron chi connectivity index (χ0n) is 14.9. The molecule has 0 bridgehead atoms. The van der Waals surface area contributed by atoms with E-state index in [0.717, 1.165) is 0 Å². The largest absolute Gasteiger partial charge is 0.867 e.